The Morgan fingerprint density at radius 2 is 1.97 bits per heavy atom. The van der Waals surface area contributed by atoms with Crippen LogP contribution in [0.15, 0.2) is 36.7 Å². The molecule has 2 amide bonds. The van der Waals surface area contributed by atoms with Gasteiger partial charge < -0.3 is 14.4 Å². The number of carbonyl (C=O) groups excluding carboxylic acids is 2. The van der Waals surface area contributed by atoms with Gasteiger partial charge >= 0.3 is 0 Å². The molecule has 6 heteroatoms. The highest BCUT2D eigenvalue weighted by Gasteiger charge is 2.49. The Hall–Kier alpha value is -2.63. The fourth-order valence-corrected chi connectivity index (χ4v) is 5.12. The van der Waals surface area contributed by atoms with Crippen LogP contribution in [-0.2, 0) is 22.6 Å². The number of aryl methyl sites for hydroxylation is 3. The van der Waals surface area contributed by atoms with Gasteiger partial charge in [-0.25, -0.2) is 4.98 Å². The highest BCUT2D eigenvalue weighted by molar-refractivity contribution is 5.77. The summed E-state index contributed by atoms with van der Waals surface area (Å²) in [5.74, 6) is 2.01. The summed E-state index contributed by atoms with van der Waals surface area (Å²) in [7, 11) is 0. The van der Waals surface area contributed by atoms with Gasteiger partial charge in [-0.1, -0.05) is 31.2 Å². The van der Waals surface area contributed by atoms with E-state index in [9.17, 15) is 9.59 Å². The molecule has 2 aliphatic rings. The van der Waals surface area contributed by atoms with Gasteiger partial charge in [0.05, 0.1) is 6.04 Å². The highest BCUT2D eigenvalue weighted by Crippen LogP contribution is 2.45. The standard InChI is InChI=1S/C23H30N4O2/c1-4-21-24-10-12-25(21)11-9-22(29)26-13-18-14-27(17(3)28)23(20(18)15-26)19-8-6-5-7-16(19)2/h5-8,10,12,18,20,23H,4,9,11,13-15H2,1-3H3/t18-,20-,23-/m1/s1. The van der Waals surface area contributed by atoms with Crippen molar-refractivity contribution in [2.24, 2.45) is 11.8 Å². The van der Waals surface area contributed by atoms with Crippen molar-refractivity contribution in [2.45, 2.75) is 46.2 Å². The van der Waals surface area contributed by atoms with Crippen LogP contribution in [0.5, 0.6) is 0 Å². The first kappa shape index (κ1) is 19.7. The number of rotatable bonds is 5. The van der Waals surface area contributed by atoms with Crippen molar-refractivity contribution in [1.29, 1.82) is 0 Å². The van der Waals surface area contributed by atoms with Gasteiger partial charge in [-0.05, 0) is 18.1 Å². The molecule has 2 saturated heterocycles. The number of nitrogens with zero attached hydrogens (tertiary/aromatic N) is 4. The predicted octanol–water partition coefficient (Wildman–Crippen LogP) is 2.82. The zero-order valence-corrected chi connectivity index (χ0v) is 17.5. The first-order valence-corrected chi connectivity index (χ1v) is 10.6. The number of aromatic nitrogens is 2. The molecule has 154 valence electrons. The van der Waals surface area contributed by atoms with E-state index in [1.807, 2.05) is 28.1 Å². The van der Waals surface area contributed by atoms with E-state index >= 15 is 0 Å². The predicted molar refractivity (Wildman–Crippen MR) is 111 cm³/mol. The lowest BCUT2D eigenvalue weighted by Gasteiger charge is -2.30. The Balaban J connectivity index is 1.47. The van der Waals surface area contributed by atoms with Crippen LogP contribution < -0.4 is 0 Å². The smallest absolute Gasteiger partial charge is 0.224 e. The van der Waals surface area contributed by atoms with Crippen molar-refractivity contribution < 1.29 is 9.59 Å². The van der Waals surface area contributed by atoms with Crippen LogP contribution in [0.3, 0.4) is 0 Å². The van der Waals surface area contributed by atoms with Gasteiger partial charge in [-0.2, -0.15) is 0 Å². The maximum absolute atomic E-state index is 12.9. The molecule has 2 aromatic rings. The molecule has 29 heavy (non-hydrogen) atoms. The largest absolute Gasteiger partial charge is 0.342 e. The zero-order chi connectivity index (χ0) is 20.5. The van der Waals surface area contributed by atoms with E-state index in [1.165, 1.54) is 11.1 Å². The first-order valence-electron chi connectivity index (χ1n) is 10.6. The van der Waals surface area contributed by atoms with E-state index in [2.05, 4.69) is 35.5 Å². The second-order valence-corrected chi connectivity index (χ2v) is 8.34. The molecule has 0 bridgehead atoms. The number of likely N-dealkylation sites (tertiary alicyclic amines) is 2. The Labute approximate surface area is 172 Å². The molecular formula is C23H30N4O2. The fourth-order valence-electron chi connectivity index (χ4n) is 5.12. The van der Waals surface area contributed by atoms with Crippen molar-refractivity contribution in [1.82, 2.24) is 19.4 Å². The molecule has 3 atom stereocenters. The second kappa shape index (κ2) is 8.01. The number of hydrogen-bond acceptors (Lipinski definition) is 3. The summed E-state index contributed by atoms with van der Waals surface area (Å²) >= 11 is 0. The zero-order valence-electron chi connectivity index (χ0n) is 17.5. The Morgan fingerprint density at radius 3 is 2.69 bits per heavy atom. The maximum Gasteiger partial charge on any atom is 0.224 e. The van der Waals surface area contributed by atoms with Crippen LogP contribution in [0.1, 0.15) is 43.3 Å². The average molecular weight is 395 g/mol. The Bertz CT molecular complexity index is 906. The molecule has 2 aliphatic heterocycles. The number of benzene rings is 1. The van der Waals surface area contributed by atoms with Gasteiger partial charge in [0, 0.05) is 70.2 Å². The van der Waals surface area contributed by atoms with Crippen molar-refractivity contribution in [3.05, 3.63) is 53.6 Å². The number of carbonyl (C=O) groups is 2. The van der Waals surface area contributed by atoms with E-state index in [0.29, 0.717) is 24.8 Å². The van der Waals surface area contributed by atoms with Crippen LogP contribution >= 0.6 is 0 Å². The van der Waals surface area contributed by atoms with Gasteiger partial charge in [-0.15, -0.1) is 0 Å². The molecule has 0 N–H and O–H groups in total. The normalized spacial score (nSPS) is 23.5. The minimum atomic E-state index is 0.0665. The topological polar surface area (TPSA) is 58.4 Å². The van der Waals surface area contributed by atoms with Crippen molar-refractivity contribution in [3.8, 4) is 0 Å². The molecular weight excluding hydrogens is 364 g/mol. The van der Waals surface area contributed by atoms with Crippen LogP contribution in [0.2, 0.25) is 0 Å². The van der Waals surface area contributed by atoms with Gasteiger partial charge in [0.2, 0.25) is 11.8 Å². The van der Waals surface area contributed by atoms with Crippen LogP contribution in [0.4, 0.5) is 0 Å². The van der Waals surface area contributed by atoms with Crippen molar-refractivity contribution in [3.63, 3.8) is 0 Å². The highest BCUT2D eigenvalue weighted by atomic mass is 16.2. The molecule has 4 rings (SSSR count). The van der Waals surface area contributed by atoms with E-state index < -0.39 is 0 Å². The van der Waals surface area contributed by atoms with Crippen LogP contribution in [0.25, 0.3) is 0 Å². The van der Waals surface area contributed by atoms with Gasteiger partial charge in [0.15, 0.2) is 0 Å². The molecule has 3 heterocycles. The van der Waals surface area contributed by atoms with Gasteiger partial charge in [0.1, 0.15) is 5.82 Å². The summed E-state index contributed by atoms with van der Waals surface area (Å²) in [6.45, 7) is 8.74. The number of hydrogen-bond donors (Lipinski definition) is 0. The summed E-state index contributed by atoms with van der Waals surface area (Å²) in [4.78, 5) is 33.6. The summed E-state index contributed by atoms with van der Waals surface area (Å²) in [5.41, 5.74) is 2.43. The van der Waals surface area contributed by atoms with Crippen molar-refractivity contribution in [2.75, 3.05) is 19.6 Å². The SMILES string of the molecule is CCc1nccn1CCC(=O)N1C[C@@H]2CN(C(C)=O)[C@H](c3ccccc3C)[C@@H]2C1. The third-order valence-corrected chi connectivity index (χ3v) is 6.61. The monoisotopic (exact) mass is 394 g/mol. The Morgan fingerprint density at radius 1 is 1.17 bits per heavy atom. The number of amides is 2. The molecule has 6 nitrogen and oxygen atoms in total. The average Bonchev–Trinajstić information content (AvgIpc) is 3.40. The van der Waals surface area contributed by atoms with E-state index in [1.54, 1.807) is 13.1 Å². The molecule has 0 aliphatic carbocycles. The summed E-state index contributed by atoms with van der Waals surface area (Å²) in [6.07, 6.45) is 5.11. The Kier molecular flexibility index (Phi) is 5.43. The van der Waals surface area contributed by atoms with Gasteiger partial charge in [-0.3, -0.25) is 9.59 Å². The summed E-state index contributed by atoms with van der Waals surface area (Å²) < 4.78 is 2.07. The summed E-state index contributed by atoms with van der Waals surface area (Å²) in [5, 5.41) is 0. The molecule has 0 unspecified atom stereocenters. The third-order valence-electron chi connectivity index (χ3n) is 6.61. The minimum absolute atomic E-state index is 0.0665. The van der Waals surface area contributed by atoms with Gasteiger partial charge in [0.25, 0.3) is 0 Å². The molecule has 0 saturated carbocycles. The van der Waals surface area contributed by atoms with E-state index in [4.69, 9.17) is 0 Å². The van der Waals surface area contributed by atoms with E-state index in [-0.39, 0.29) is 17.9 Å². The van der Waals surface area contributed by atoms with E-state index in [0.717, 1.165) is 31.9 Å². The molecule has 1 aromatic carbocycles. The first-order chi connectivity index (χ1) is 14.0. The minimum Gasteiger partial charge on any atom is -0.342 e. The fraction of sp³-hybridized carbons (Fsp3) is 0.522. The number of imidazole rings is 1. The van der Waals surface area contributed by atoms with Crippen molar-refractivity contribution >= 4 is 11.8 Å². The molecule has 0 radical (unpaired) electrons. The summed E-state index contributed by atoms with van der Waals surface area (Å²) in [6, 6.07) is 8.39. The van der Waals surface area contributed by atoms with Crippen LogP contribution in [-0.4, -0.2) is 50.8 Å². The molecule has 1 aromatic heterocycles. The quantitative estimate of drug-likeness (QED) is 0.784. The van der Waals surface area contributed by atoms with Crippen LogP contribution in [0, 0.1) is 18.8 Å². The molecule has 2 fully saturated rings. The molecule has 0 spiro atoms. The second-order valence-electron chi connectivity index (χ2n) is 8.34. The number of fused-ring (bicyclic) bond motifs is 1. The lowest BCUT2D eigenvalue weighted by Crippen LogP contribution is -2.37. The lowest BCUT2D eigenvalue weighted by molar-refractivity contribution is -0.132. The maximum atomic E-state index is 12.9. The lowest BCUT2D eigenvalue weighted by atomic mass is 9.87. The third kappa shape index (κ3) is 3.68.